The van der Waals surface area contributed by atoms with E-state index in [1.807, 2.05) is 6.92 Å². The normalized spacial score (nSPS) is 10.1. The lowest BCUT2D eigenvalue weighted by atomic mass is 10.2. The molecule has 0 spiro atoms. The molecule has 0 aliphatic heterocycles. The van der Waals surface area contributed by atoms with Crippen LogP contribution in [0.2, 0.25) is 5.02 Å². The van der Waals surface area contributed by atoms with Gasteiger partial charge in [0.25, 0.3) is 0 Å². The minimum atomic E-state index is -0.569. The number of esters is 1. The highest BCUT2D eigenvalue weighted by Gasteiger charge is 2.16. The molecule has 0 bridgehead atoms. The molecule has 0 aliphatic rings. The molecule has 2 rings (SSSR count). The molecule has 0 atom stereocenters. The Morgan fingerprint density at radius 3 is 2.30 bits per heavy atom. The summed E-state index contributed by atoms with van der Waals surface area (Å²) >= 11 is 5.94. The van der Waals surface area contributed by atoms with Crippen molar-refractivity contribution >= 4 is 17.6 Å². The van der Waals surface area contributed by atoms with Gasteiger partial charge in [-0.1, -0.05) is 17.7 Å². The molecule has 0 saturated heterocycles. The van der Waals surface area contributed by atoms with Gasteiger partial charge in [0.15, 0.2) is 18.1 Å². The van der Waals surface area contributed by atoms with Crippen molar-refractivity contribution in [2.24, 2.45) is 0 Å². The standard InChI is InChI=1S/C17H17ClO5/c1-11-9-12(7-8-13(11)18)22-10-16(19)23-17-14(20-2)5-4-6-15(17)21-3/h4-9H,10H2,1-3H3. The molecule has 0 N–H and O–H groups in total. The van der Waals surface area contributed by atoms with Gasteiger partial charge in [0.1, 0.15) is 5.75 Å². The maximum Gasteiger partial charge on any atom is 0.349 e. The number of benzene rings is 2. The van der Waals surface area contributed by atoms with Gasteiger partial charge in [-0.3, -0.25) is 0 Å². The van der Waals surface area contributed by atoms with Gasteiger partial charge >= 0.3 is 5.97 Å². The maximum atomic E-state index is 12.0. The first-order valence-corrected chi connectivity index (χ1v) is 7.23. The molecule has 2 aromatic rings. The summed E-state index contributed by atoms with van der Waals surface area (Å²) in [5.74, 6) is 0.995. The lowest BCUT2D eigenvalue weighted by molar-refractivity contribution is -0.136. The molecule has 0 radical (unpaired) electrons. The fourth-order valence-corrected chi connectivity index (χ4v) is 2.03. The SMILES string of the molecule is COc1cccc(OC)c1OC(=O)COc1ccc(Cl)c(C)c1. The van der Waals surface area contributed by atoms with Crippen LogP contribution in [0.4, 0.5) is 0 Å². The first-order valence-electron chi connectivity index (χ1n) is 6.85. The summed E-state index contributed by atoms with van der Waals surface area (Å²) in [5.41, 5.74) is 0.865. The van der Waals surface area contributed by atoms with Gasteiger partial charge in [-0.15, -0.1) is 0 Å². The number of para-hydroxylation sites is 1. The van der Waals surface area contributed by atoms with E-state index in [1.54, 1.807) is 36.4 Å². The quantitative estimate of drug-likeness (QED) is 0.595. The van der Waals surface area contributed by atoms with Crippen molar-refractivity contribution in [2.45, 2.75) is 6.92 Å². The largest absolute Gasteiger partial charge is 0.493 e. The molecule has 0 unspecified atom stereocenters. The summed E-state index contributed by atoms with van der Waals surface area (Å²) in [6.07, 6.45) is 0. The van der Waals surface area contributed by atoms with E-state index in [9.17, 15) is 4.79 Å². The number of carbonyl (C=O) groups excluding carboxylic acids is 1. The van der Waals surface area contributed by atoms with E-state index in [4.69, 9.17) is 30.5 Å². The molecule has 2 aromatic carbocycles. The van der Waals surface area contributed by atoms with E-state index in [2.05, 4.69) is 0 Å². The second-order valence-electron chi connectivity index (χ2n) is 4.67. The van der Waals surface area contributed by atoms with Crippen molar-refractivity contribution in [1.29, 1.82) is 0 Å². The lowest BCUT2D eigenvalue weighted by Crippen LogP contribution is -2.18. The molecule has 0 aromatic heterocycles. The van der Waals surface area contributed by atoms with E-state index in [1.165, 1.54) is 14.2 Å². The van der Waals surface area contributed by atoms with Crippen LogP contribution in [0.15, 0.2) is 36.4 Å². The highest BCUT2D eigenvalue weighted by molar-refractivity contribution is 6.31. The molecule has 0 fully saturated rings. The fraction of sp³-hybridized carbons (Fsp3) is 0.235. The van der Waals surface area contributed by atoms with Crippen LogP contribution < -0.4 is 18.9 Å². The van der Waals surface area contributed by atoms with Crippen molar-refractivity contribution in [3.63, 3.8) is 0 Å². The van der Waals surface area contributed by atoms with Crippen LogP contribution in [-0.2, 0) is 4.79 Å². The monoisotopic (exact) mass is 336 g/mol. The number of halogens is 1. The Labute approximate surface area is 139 Å². The molecule has 6 heteroatoms. The number of hydrogen-bond donors (Lipinski definition) is 0. The Morgan fingerprint density at radius 2 is 1.74 bits per heavy atom. The van der Waals surface area contributed by atoms with Crippen molar-refractivity contribution < 1.29 is 23.7 Å². The first-order chi connectivity index (χ1) is 11.0. The number of rotatable bonds is 6. The van der Waals surface area contributed by atoms with Gasteiger partial charge in [0, 0.05) is 5.02 Å². The highest BCUT2D eigenvalue weighted by atomic mass is 35.5. The summed E-state index contributed by atoms with van der Waals surface area (Å²) in [7, 11) is 2.97. The molecular weight excluding hydrogens is 320 g/mol. The van der Waals surface area contributed by atoms with Crippen LogP contribution in [0, 0.1) is 6.92 Å². The topological polar surface area (TPSA) is 54.0 Å². The number of aryl methyl sites for hydroxylation is 1. The zero-order valence-electron chi connectivity index (χ0n) is 13.1. The third-order valence-electron chi connectivity index (χ3n) is 3.08. The zero-order valence-corrected chi connectivity index (χ0v) is 13.8. The fourth-order valence-electron chi connectivity index (χ4n) is 1.91. The number of methoxy groups -OCH3 is 2. The number of ether oxygens (including phenoxy) is 4. The smallest absolute Gasteiger partial charge is 0.349 e. The molecule has 0 amide bonds. The van der Waals surface area contributed by atoms with Crippen LogP contribution in [0.25, 0.3) is 0 Å². The number of carbonyl (C=O) groups is 1. The summed E-state index contributed by atoms with van der Waals surface area (Å²) in [4.78, 5) is 12.0. The van der Waals surface area contributed by atoms with Crippen LogP contribution in [-0.4, -0.2) is 26.8 Å². The third-order valence-corrected chi connectivity index (χ3v) is 3.51. The molecule has 5 nitrogen and oxygen atoms in total. The molecular formula is C17H17ClO5. The van der Waals surface area contributed by atoms with Crippen molar-refractivity contribution in [3.8, 4) is 23.0 Å². The Hall–Kier alpha value is -2.40. The van der Waals surface area contributed by atoms with Gasteiger partial charge in [-0.25, -0.2) is 4.79 Å². The van der Waals surface area contributed by atoms with E-state index in [0.717, 1.165) is 5.56 Å². The number of hydrogen-bond acceptors (Lipinski definition) is 5. The average molecular weight is 337 g/mol. The van der Waals surface area contributed by atoms with Gasteiger partial charge < -0.3 is 18.9 Å². The predicted octanol–water partition coefficient (Wildman–Crippen LogP) is 3.65. The summed E-state index contributed by atoms with van der Waals surface area (Å²) in [6, 6.07) is 10.2. The van der Waals surface area contributed by atoms with Gasteiger partial charge in [-0.05, 0) is 42.8 Å². The van der Waals surface area contributed by atoms with E-state index in [-0.39, 0.29) is 12.4 Å². The van der Waals surface area contributed by atoms with Crippen LogP contribution >= 0.6 is 11.6 Å². The van der Waals surface area contributed by atoms with Crippen LogP contribution in [0.5, 0.6) is 23.0 Å². The lowest BCUT2D eigenvalue weighted by Gasteiger charge is -2.13. The Morgan fingerprint density at radius 1 is 1.09 bits per heavy atom. The minimum Gasteiger partial charge on any atom is -0.493 e. The average Bonchev–Trinajstić information content (AvgIpc) is 2.56. The third kappa shape index (κ3) is 4.29. The van der Waals surface area contributed by atoms with Crippen LogP contribution in [0.3, 0.4) is 0 Å². The zero-order chi connectivity index (χ0) is 16.8. The molecule has 0 heterocycles. The summed E-state index contributed by atoms with van der Waals surface area (Å²) in [5, 5.41) is 0.638. The van der Waals surface area contributed by atoms with E-state index >= 15 is 0 Å². The van der Waals surface area contributed by atoms with Crippen molar-refractivity contribution in [3.05, 3.63) is 47.0 Å². The second kappa shape index (κ2) is 7.74. The van der Waals surface area contributed by atoms with E-state index < -0.39 is 5.97 Å². The van der Waals surface area contributed by atoms with Gasteiger partial charge in [0.2, 0.25) is 5.75 Å². The molecule has 23 heavy (non-hydrogen) atoms. The predicted molar refractivity (Wildman–Crippen MR) is 86.9 cm³/mol. The second-order valence-corrected chi connectivity index (χ2v) is 5.07. The molecule has 0 aliphatic carbocycles. The molecule has 0 saturated carbocycles. The summed E-state index contributed by atoms with van der Waals surface area (Å²) in [6.45, 7) is 1.61. The van der Waals surface area contributed by atoms with Gasteiger partial charge in [0.05, 0.1) is 14.2 Å². The van der Waals surface area contributed by atoms with Crippen molar-refractivity contribution in [2.75, 3.05) is 20.8 Å². The van der Waals surface area contributed by atoms with Crippen molar-refractivity contribution in [1.82, 2.24) is 0 Å². The minimum absolute atomic E-state index is 0.221. The Balaban J connectivity index is 2.04. The molecule has 122 valence electrons. The Bertz CT molecular complexity index is 677. The Kier molecular flexibility index (Phi) is 5.71. The van der Waals surface area contributed by atoms with Gasteiger partial charge in [-0.2, -0.15) is 0 Å². The highest BCUT2D eigenvalue weighted by Crippen LogP contribution is 2.36. The summed E-state index contributed by atoms with van der Waals surface area (Å²) < 4.78 is 21.0. The maximum absolute atomic E-state index is 12.0. The van der Waals surface area contributed by atoms with E-state index in [0.29, 0.717) is 22.3 Å². The van der Waals surface area contributed by atoms with Crippen LogP contribution in [0.1, 0.15) is 5.56 Å². The first kappa shape index (κ1) is 17.0.